The Morgan fingerprint density at radius 1 is 0.377 bits per heavy atom. The molecule has 248 valence electrons. The predicted molar refractivity (Wildman–Crippen MR) is 229 cm³/mol. The smallest absolute Gasteiger partial charge is 0.0640 e. The molecule has 0 atom stereocenters. The maximum absolute atomic E-state index is 2.44. The highest BCUT2D eigenvalue weighted by Gasteiger charge is 2.19. The molecule has 0 saturated carbocycles. The van der Waals surface area contributed by atoms with E-state index in [4.69, 9.17) is 0 Å². The number of nitrogens with zero attached hydrogens (tertiary/aromatic N) is 2. The van der Waals surface area contributed by atoms with Crippen molar-refractivity contribution in [3.8, 4) is 16.8 Å². The van der Waals surface area contributed by atoms with Crippen LogP contribution in [0.15, 0.2) is 194 Å². The van der Waals surface area contributed by atoms with Gasteiger partial charge in [0, 0.05) is 43.3 Å². The van der Waals surface area contributed by atoms with E-state index >= 15 is 0 Å². The molecular weight excluding hydrogens is 661 g/mol. The van der Waals surface area contributed by atoms with Crippen LogP contribution >= 0.6 is 11.3 Å². The zero-order valence-corrected chi connectivity index (χ0v) is 29.6. The van der Waals surface area contributed by atoms with Crippen LogP contribution in [0.2, 0.25) is 0 Å². The van der Waals surface area contributed by atoms with Gasteiger partial charge in [-0.15, -0.1) is 11.3 Å². The second-order valence-electron chi connectivity index (χ2n) is 13.7. The van der Waals surface area contributed by atoms with Gasteiger partial charge >= 0.3 is 0 Å². The molecule has 0 radical (unpaired) electrons. The Labute approximate surface area is 311 Å². The second-order valence-corrected chi connectivity index (χ2v) is 14.8. The largest absolute Gasteiger partial charge is 0.309 e. The van der Waals surface area contributed by atoms with Crippen LogP contribution in [0.25, 0.3) is 80.3 Å². The van der Waals surface area contributed by atoms with E-state index in [0.29, 0.717) is 0 Å². The van der Waals surface area contributed by atoms with E-state index in [0.717, 1.165) is 11.4 Å². The van der Waals surface area contributed by atoms with Gasteiger partial charge in [-0.1, -0.05) is 127 Å². The van der Waals surface area contributed by atoms with Crippen molar-refractivity contribution in [2.45, 2.75) is 0 Å². The van der Waals surface area contributed by atoms with Gasteiger partial charge < -0.3 is 9.47 Å². The van der Waals surface area contributed by atoms with Gasteiger partial charge in [0.1, 0.15) is 0 Å². The summed E-state index contributed by atoms with van der Waals surface area (Å²) < 4.78 is 4.96. The van der Waals surface area contributed by atoms with E-state index < -0.39 is 0 Å². The van der Waals surface area contributed by atoms with Gasteiger partial charge in [0.15, 0.2) is 0 Å². The van der Waals surface area contributed by atoms with Crippen molar-refractivity contribution in [1.29, 1.82) is 0 Å². The van der Waals surface area contributed by atoms with E-state index in [1.807, 2.05) is 11.3 Å². The van der Waals surface area contributed by atoms with Crippen LogP contribution in [0, 0.1) is 0 Å². The van der Waals surface area contributed by atoms with E-state index in [2.05, 4.69) is 204 Å². The molecule has 3 heteroatoms. The minimum Gasteiger partial charge on any atom is -0.309 e. The van der Waals surface area contributed by atoms with Gasteiger partial charge in [-0.2, -0.15) is 0 Å². The maximum atomic E-state index is 2.44. The van der Waals surface area contributed by atoms with Crippen LogP contribution in [0.4, 0.5) is 17.1 Å². The summed E-state index contributed by atoms with van der Waals surface area (Å²) in [5.74, 6) is 0. The molecule has 2 aromatic heterocycles. The Kier molecular flexibility index (Phi) is 6.76. The van der Waals surface area contributed by atoms with Gasteiger partial charge in [0.2, 0.25) is 0 Å². The summed E-state index contributed by atoms with van der Waals surface area (Å²) in [7, 11) is 0. The molecule has 0 aliphatic rings. The van der Waals surface area contributed by atoms with Crippen LogP contribution < -0.4 is 4.90 Å². The van der Waals surface area contributed by atoms with E-state index in [1.165, 1.54) is 86.0 Å². The van der Waals surface area contributed by atoms with Crippen molar-refractivity contribution in [3.05, 3.63) is 194 Å². The number of thiophene rings is 1. The molecule has 0 spiro atoms. The topological polar surface area (TPSA) is 8.17 Å². The molecule has 0 bridgehead atoms. The lowest BCUT2D eigenvalue weighted by Crippen LogP contribution is -2.10. The van der Waals surface area contributed by atoms with Crippen LogP contribution in [0.1, 0.15) is 0 Å². The molecule has 53 heavy (non-hydrogen) atoms. The molecule has 2 heterocycles. The maximum Gasteiger partial charge on any atom is 0.0640 e. The van der Waals surface area contributed by atoms with Crippen LogP contribution in [-0.4, -0.2) is 4.57 Å². The summed E-state index contributed by atoms with van der Waals surface area (Å²) in [6.45, 7) is 0. The van der Waals surface area contributed by atoms with Crippen molar-refractivity contribution in [2.24, 2.45) is 0 Å². The third kappa shape index (κ3) is 4.78. The summed E-state index contributed by atoms with van der Waals surface area (Å²) in [5, 5.41) is 10.1. The fraction of sp³-hybridized carbons (Fsp3) is 0. The SMILES string of the molecule is c1ccc(-n2c3ccccc3c3cc(-c4ccc(N(c5ccc6ccc7ccccc7c6c5)c5cccc6c5sc5ccccc56)cc4)ccc32)cc1. The molecule has 11 aromatic rings. The summed E-state index contributed by atoms with van der Waals surface area (Å²) in [6, 6.07) is 71.0. The molecule has 0 fully saturated rings. The Morgan fingerprint density at radius 2 is 1.02 bits per heavy atom. The third-order valence-corrected chi connectivity index (χ3v) is 12.0. The fourth-order valence-corrected chi connectivity index (χ4v) is 9.48. The Balaban J connectivity index is 1.08. The molecule has 0 N–H and O–H groups in total. The average Bonchev–Trinajstić information content (AvgIpc) is 3.78. The minimum absolute atomic E-state index is 1.13. The third-order valence-electron chi connectivity index (χ3n) is 10.8. The van der Waals surface area contributed by atoms with Crippen LogP contribution in [-0.2, 0) is 0 Å². The number of aromatic nitrogens is 1. The molecular formula is C50H32N2S. The molecule has 0 saturated heterocycles. The number of hydrogen-bond donors (Lipinski definition) is 0. The van der Waals surface area contributed by atoms with E-state index in [-0.39, 0.29) is 0 Å². The standard InChI is InChI=1S/C50H32N2S/c1-2-12-37(13-3-1)52-46-18-8-6-15-41(46)45-31-36(26-30-47(45)52)33-23-27-38(28-24-33)51(48-19-10-17-43-42-16-7-9-20-49(42)53-50(43)48)39-29-25-35-22-21-34-11-4-5-14-40(34)44(35)32-39/h1-32H. The highest BCUT2D eigenvalue weighted by molar-refractivity contribution is 7.26. The van der Waals surface area contributed by atoms with E-state index in [1.54, 1.807) is 0 Å². The Morgan fingerprint density at radius 3 is 1.89 bits per heavy atom. The number of rotatable bonds is 5. The van der Waals surface area contributed by atoms with Gasteiger partial charge in [-0.3, -0.25) is 0 Å². The quantitative estimate of drug-likeness (QED) is 0.163. The molecule has 0 amide bonds. The molecule has 0 aliphatic carbocycles. The predicted octanol–water partition coefficient (Wildman–Crippen LogP) is 14.6. The normalized spacial score (nSPS) is 11.8. The van der Waals surface area contributed by atoms with Gasteiger partial charge in [0.25, 0.3) is 0 Å². The van der Waals surface area contributed by atoms with Gasteiger partial charge in [-0.05, 0) is 99.4 Å². The lowest BCUT2D eigenvalue weighted by molar-refractivity contribution is 1.18. The lowest BCUT2D eigenvalue weighted by Gasteiger charge is -2.27. The first-order valence-corrected chi connectivity index (χ1v) is 18.9. The van der Waals surface area contributed by atoms with Crippen LogP contribution in [0.3, 0.4) is 0 Å². The lowest BCUT2D eigenvalue weighted by atomic mass is 10.00. The zero-order chi connectivity index (χ0) is 34.9. The van der Waals surface area contributed by atoms with E-state index in [9.17, 15) is 0 Å². The van der Waals surface area contributed by atoms with Crippen molar-refractivity contribution < 1.29 is 0 Å². The minimum atomic E-state index is 1.13. The summed E-state index contributed by atoms with van der Waals surface area (Å²) >= 11 is 1.87. The van der Waals surface area contributed by atoms with Crippen molar-refractivity contribution >= 4 is 91.9 Å². The highest BCUT2D eigenvalue weighted by atomic mass is 32.1. The first-order valence-electron chi connectivity index (χ1n) is 18.1. The number of hydrogen-bond acceptors (Lipinski definition) is 2. The first-order chi connectivity index (χ1) is 26.3. The number of fused-ring (bicyclic) bond motifs is 9. The molecule has 9 aromatic carbocycles. The van der Waals surface area contributed by atoms with Crippen molar-refractivity contribution in [1.82, 2.24) is 4.57 Å². The van der Waals surface area contributed by atoms with Crippen LogP contribution in [0.5, 0.6) is 0 Å². The molecule has 0 unspecified atom stereocenters. The number of benzene rings is 9. The molecule has 0 aliphatic heterocycles. The highest BCUT2D eigenvalue weighted by Crippen LogP contribution is 2.46. The summed E-state index contributed by atoms with van der Waals surface area (Å²) in [4.78, 5) is 2.44. The fourth-order valence-electron chi connectivity index (χ4n) is 8.28. The molecule has 2 nitrogen and oxygen atoms in total. The first kappa shape index (κ1) is 30.0. The summed E-state index contributed by atoms with van der Waals surface area (Å²) in [6.07, 6.45) is 0. The average molecular weight is 693 g/mol. The summed E-state index contributed by atoms with van der Waals surface area (Å²) in [5.41, 5.74) is 9.45. The van der Waals surface area contributed by atoms with Gasteiger partial charge in [-0.25, -0.2) is 0 Å². The van der Waals surface area contributed by atoms with Crippen molar-refractivity contribution in [2.75, 3.05) is 4.90 Å². The van der Waals surface area contributed by atoms with Gasteiger partial charge in [0.05, 0.1) is 21.4 Å². The zero-order valence-electron chi connectivity index (χ0n) is 28.8. The number of para-hydroxylation sites is 2. The van der Waals surface area contributed by atoms with Crippen molar-refractivity contribution in [3.63, 3.8) is 0 Å². The second kappa shape index (κ2) is 11.9. The number of anilines is 3. The molecule has 11 rings (SSSR count). The Hall–Kier alpha value is -6.68. The monoisotopic (exact) mass is 692 g/mol. The Bertz CT molecular complexity index is 3170.